The molecule has 1 N–H and O–H groups in total. The van der Waals surface area contributed by atoms with E-state index in [2.05, 4.69) is 5.32 Å². The van der Waals surface area contributed by atoms with Gasteiger partial charge in [0.1, 0.15) is 5.75 Å². The Bertz CT molecular complexity index is 533. The fraction of sp³-hybridized carbons (Fsp3) is 0.579. The van der Waals surface area contributed by atoms with Crippen LogP contribution in [0.15, 0.2) is 24.3 Å². The Morgan fingerprint density at radius 3 is 2.42 bits per heavy atom. The van der Waals surface area contributed by atoms with E-state index < -0.39 is 5.97 Å². The van der Waals surface area contributed by atoms with Gasteiger partial charge in [-0.3, -0.25) is 4.79 Å². The summed E-state index contributed by atoms with van der Waals surface area (Å²) < 4.78 is 10.6. The average molecular weight is 333 g/mol. The summed E-state index contributed by atoms with van der Waals surface area (Å²) in [5.74, 6) is 0.520. The van der Waals surface area contributed by atoms with Crippen LogP contribution >= 0.6 is 0 Å². The molecule has 1 fully saturated rings. The Labute approximate surface area is 143 Å². The normalized spacial score (nSPS) is 15.1. The minimum Gasteiger partial charge on any atom is -0.491 e. The minimum absolute atomic E-state index is 0.0793. The third-order valence-electron chi connectivity index (χ3n) is 4.11. The van der Waals surface area contributed by atoms with Gasteiger partial charge in [0.25, 0.3) is 5.91 Å². The number of benzene rings is 1. The molecule has 5 nitrogen and oxygen atoms in total. The number of carbonyl (C=O) groups is 2. The van der Waals surface area contributed by atoms with Crippen molar-refractivity contribution < 1.29 is 19.1 Å². The zero-order chi connectivity index (χ0) is 17.4. The van der Waals surface area contributed by atoms with Crippen LogP contribution in [0, 0.1) is 5.92 Å². The Balaban J connectivity index is 1.70. The molecule has 0 saturated heterocycles. The largest absolute Gasteiger partial charge is 0.491 e. The molecule has 132 valence electrons. The van der Waals surface area contributed by atoms with E-state index in [1.807, 2.05) is 13.8 Å². The van der Waals surface area contributed by atoms with E-state index in [0.717, 1.165) is 0 Å². The molecule has 1 amide bonds. The summed E-state index contributed by atoms with van der Waals surface area (Å²) in [6.07, 6.45) is 6.20. The van der Waals surface area contributed by atoms with Crippen LogP contribution in [0.2, 0.25) is 0 Å². The van der Waals surface area contributed by atoms with E-state index in [9.17, 15) is 9.59 Å². The van der Waals surface area contributed by atoms with Gasteiger partial charge in [-0.15, -0.1) is 0 Å². The third-order valence-corrected chi connectivity index (χ3v) is 4.11. The molecule has 0 bridgehead atoms. The molecule has 1 saturated carbocycles. The predicted molar refractivity (Wildman–Crippen MR) is 92.1 cm³/mol. The highest BCUT2D eigenvalue weighted by atomic mass is 16.5. The molecule has 1 aliphatic rings. The summed E-state index contributed by atoms with van der Waals surface area (Å²) >= 11 is 0. The van der Waals surface area contributed by atoms with Gasteiger partial charge in [0.15, 0.2) is 6.61 Å². The first-order valence-corrected chi connectivity index (χ1v) is 8.75. The van der Waals surface area contributed by atoms with Gasteiger partial charge in [0, 0.05) is 6.54 Å². The van der Waals surface area contributed by atoms with Crippen molar-refractivity contribution in [3.05, 3.63) is 29.8 Å². The number of amides is 1. The number of hydrogen-bond acceptors (Lipinski definition) is 4. The topological polar surface area (TPSA) is 64.6 Å². The maximum atomic E-state index is 11.9. The first-order chi connectivity index (χ1) is 11.5. The van der Waals surface area contributed by atoms with Gasteiger partial charge in [-0.05, 0) is 56.9 Å². The maximum absolute atomic E-state index is 11.9. The number of carbonyl (C=O) groups excluding carboxylic acids is 2. The Morgan fingerprint density at radius 1 is 1.12 bits per heavy atom. The van der Waals surface area contributed by atoms with Crippen LogP contribution in [0.1, 0.15) is 56.3 Å². The molecule has 0 aromatic heterocycles. The first-order valence-electron chi connectivity index (χ1n) is 8.75. The van der Waals surface area contributed by atoms with Gasteiger partial charge in [-0.1, -0.05) is 19.3 Å². The summed E-state index contributed by atoms with van der Waals surface area (Å²) in [7, 11) is 0. The SMILES string of the molecule is CC(C)Oc1ccc(C(=O)OCC(=O)NCC2CCCCC2)cc1. The van der Waals surface area contributed by atoms with Gasteiger partial charge in [-0.25, -0.2) is 4.79 Å². The Hall–Kier alpha value is -2.04. The molecule has 5 heteroatoms. The van der Waals surface area contributed by atoms with Crippen LogP contribution in [0.5, 0.6) is 5.75 Å². The molecule has 0 aliphatic heterocycles. The van der Waals surface area contributed by atoms with Crippen molar-refractivity contribution in [1.29, 1.82) is 0 Å². The van der Waals surface area contributed by atoms with Gasteiger partial charge in [0.2, 0.25) is 0 Å². The number of hydrogen-bond donors (Lipinski definition) is 1. The van der Waals surface area contributed by atoms with E-state index in [1.165, 1.54) is 32.1 Å². The lowest BCUT2D eigenvalue weighted by molar-refractivity contribution is -0.124. The monoisotopic (exact) mass is 333 g/mol. The highest BCUT2D eigenvalue weighted by Crippen LogP contribution is 2.22. The molecule has 24 heavy (non-hydrogen) atoms. The fourth-order valence-corrected chi connectivity index (χ4v) is 2.86. The standard InChI is InChI=1S/C19H27NO4/c1-14(2)24-17-10-8-16(9-11-17)19(22)23-13-18(21)20-12-15-6-4-3-5-7-15/h8-11,14-15H,3-7,12-13H2,1-2H3,(H,20,21). The second-order valence-electron chi connectivity index (χ2n) is 6.58. The highest BCUT2D eigenvalue weighted by Gasteiger charge is 2.15. The molecule has 1 aromatic carbocycles. The number of ether oxygens (including phenoxy) is 2. The molecule has 0 heterocycles. The number of esters is 1. The van der Waals surface area contributed by atoms with Crippen LogP contribution in [0.3, 0.4) is 0 Å². The van der Waals surface area contributed by atoms with Crippen molar-refractivity contribution in [2.75, 3.05) is 13.2 Å². The van der Waals surface area contributed by atoms with E-state index in [0.29, 0.717) is 23.8 Å². The molecular formula is C19H27NO4. The van der Waals surface area contributed by atoms with Gasteiger partial charge >= 0.3 is 5.97 Å². The van der Waals surface area contributed by atoms with Crippen molar-refractivity contribution in [2.45, 2.75) is 52.1 Å². The van der Waals surface area contributed by atoms with Crippen LogP contribution in [-0.4, -0.2) is 31.1 Å². The van der Waals surface area contributed by atoms with Crippen LogP contribution in [0.25, 0.3) is 0 Å². The average Bonchev–Trinajstić information content (AvgIpc) is 2.59. The second-order valence-corrected chi connectivity index (χ2v) is 6.58. The third kappa shape index (κ3) is 6.22. The fourth-order valence-electron chi connectivity index (χ4n) is 2.86. The molecule has 1 aromatic rings. The van der Waals surface area contributed by atoms with Gasteiger partial charge in [-0.2, -0.15) is 0 Å². The lowest BCUT2D eigenvalue weighted by Crippen LogP contribution is -2.33. The molecular weight excluding hydrogens is 306 g/mol. The van der Waals surface area contributed by atoms with Gasteiger partial charge in [0.05, 0.1) is 11.7 Å². The van der Waals surface area contributed by atoms with E-state index >= 15 is 0 Å². The molecule has 1 aliphatic carbocycles. The molecule has 0 radical (unpaired) electrons. The van der Waals surface area contributed by atoms with Crippen molar-refractivity contribution in [1.82, 2.24) is 5.32 Å². The molecule has 0 spiro atoms. The van der Waals surface area contributed by atoms with Crippen LogP contribution in [0.4, 0.5) is 0 Å². The maximum Gasteiger partial charge on any atom is 0.338 e. The summed E-state index contributed by atoms with van der Waals surface area (Å²) in [6.45, 7) is 4.32. The number of rotatable bonds is 7. The summed E-state index contributed by atoms with van der Waals surface area (Å²) in [4.78, 5) is 23.7. The van der Waals surface area contributed by atoms with Crippen LogP contribution < -0.4 is 10.1 Å². The Morgan fingerprint density at radius 2 is 1.79 bits per heavy atom. The smallest absolute Gasteiger partial charge is 0.338 e. The second kappa shape index (κ2) is 9.30. The van der Waals surface area contributed by atoms with Crippen molar-refractivity contribution in [3.63, 3.8) is 0 Å². The Kier molecular flexibility index (Phi) is 7.09. The predicted octanol–water partition coefficient (Wildman–Crippen LogP) is 3.33. The van der Waals surface area contributed by atoms with Crippen molar-refractivity contribution in [3.8, 4) is 5.75 Å². The van der Waals surface area contributed by atoms with E-state index in [4.69, 9.17) is 9.47 Å². The zero-order valence-corrected chi connectivity index (χ0v) is 14.5. The zero-order valence-electron chi connectivity index (χ0n) is 14.5. The lowest BCUT2D eigenvalue weighted by atomic mass is 9.89. The van der Waals surface area contributed by atoms with Gasteiger partial charge < -0.3 is 14.8 Å². The quantitative estimate of drug-likeness (QED) is 0.777. The summed E-state index contributed by atoms with van der Waals surface area (Å²) in [6, 6.07) is 6.72. The first kappa shape index (κ1) is 18.3. The molecule has 0 unspecified atom stereocenters. The minimum atomic E-state index is -0.501. The van der Waals surface area contributed by atoms with E-state index in [1.54, 1.807) is 24.3 Å². The molecule has 2 rings (SSSR count). The van der Waals surface area contributed by atoms with Crippen molar-refractivity contribution >= 4 is 11.9 Å². The van der Waals surface area contributed by atoms with E-state index in [-0.39, 0.29) is 18.6 Å². The molecule has 0 atom stereocenters. The van der Waals surface area contributed by atoms with Crippen LogP contribution in [-0.2, 0) is 9.53 Å². The lowest BCUT2D eigenvalue weighted by Gasteiger charge is -2.21. The number of nitrogens with one attached hydrogen (secondary N) is 1. The highest BCUT2D eigenvalue weighted by molar-refractivity contribution is 5.91. The summed E-state index contributed by atoms with van der Waals surface area (Å²) in [5, 5.41) is 2.85. The van der Waals surface area contributed by atoms with Crippen molar-refractivity contribution in [2.24, 2.45) is 5.92 Å². The summed E-state index contributed by atoms with van der Waals surface area (Å²) in [5.41, 5.74) is 0.409.